The third-order valence-corrected chi connectivity index (χ3v) is 6.95. The van der Waals surface area contributed by atoms with E-state index in [1.165, 1.54) is 0 Å². The lowest BCUT2D eigenvalue weighted by Gasteiger charge is -2.33. The number of hydrogen-bond acceptors (Lipinski definition) is 10. The van der Waals surface area contributed by atoms with Crippen molar-refractivity contribution in [1.29, 1.82) is 0 Å². The minimum Gasteiger partial charge on any atom is -0.488 e. The normalized spacial score (nSPS) is 15.1. The predicted octanol–water partition coefficient (Wildman–Crippen LogP) is 5.61. The van der Waals surface area contributed by atoms with Crippen molar-refractivity contribution in [1.82, 2.24) is 19.9 Å². The highest BCUT2D eigenvalue weighted by Crippen LogP contribution is 2.29. The van der Waals surface area contributed by atoms with Crippen LogP contribution in [0.1, 0.15) is 39.2 Å². The SMILES string of the molecule is CCOc1cccnc1O[C@@H]1CCCN(c2cncc(Nc3cccc(Oc4ccc(C(C)(C)C(=O)O)cc4)n3)n2)C1. The molecular formula is C31H34N6O5. The topological polar surface area (TPSA) is 132 Å². The second kappa shape index (κ2) is 12.7. The molecule has 0 spiro atoms. The molecule has 0 bridgehead atoms. The van der Waals surface area contributed by atoms with Crippen LogP contribution in [0.25, 0.3) is 0 Å². The number of aromatic nitrogens is 4. The fourth-order valence-corrected chi connectivity index (χ4v) is 4.55. The number of carboxylic acid groups (broad SMARTS) is 1. The molecule has 1 aliphatic rings. The first kappa shape index (κ1) is 28.6. The van der Waals surface area contributed by atoms with Crippen LogP contribution < -0.4 is 24.4 Å². The van der Waals surface area contributed by atoms with Crippen LogP contribution >= 0.6 is 0 Å². The van der Waals surface area contributed by atoms with Gasteiger partial charge in [0.05, 0.1) is 31.0 Å². The van der Waals surface area contributed by atoms with Gasteiger partial charge in [-0.3, -0.25) is 9.78 Å². The summed E-state index contributed by atoms with van der Waals surface area (Å²) >= 11 is 0. The number of pyridine rings is 2. The van der Waals surface area contributed by atoms with Crippen LogP contribution in [0.3, 0.4) is 0 Å². The maximum absolute atomic E-state index is 11.5. The highest BCUT2D eigenvalue weighted by molar-refractivity contribution is 5.80. The summed E-state index contributed by atoms with van der Waals surface area (Å²) < 4.78 is 17.8. The number of anilines is 3. The highest BCUT2D eigenvalue weighted by atomic mass is 16.5. The molecule has 0 unspecified atom stereocenters. The summed E-state index contributed by atoms with van der Waals surface area (Å²) in [5.41, 5.74) is -0.312. The molecule has 1 saturated heterocycles. The molecule has 0 aliphatic carbocycles. The van der Waals surface area contributed by atoms with E-state index in [2.05, 4.69) is 25.2 Å². The highest BCUT2D eigenvalue weighted by Gasteiger charge is 2.29. The van der Waals surface area contributed by atoms with Crippen molar-refractivity contribution in [2.75, 3.05) is 29.9 Å². The van der Waals surface area contributed by atoms with Crippen molar-refractivity contribution in [3.05, 3.63) is 78.8 Å². The van der Waals surface area contributed by atoms with E-state index >= 15 is 0 Å². The molecule has 4 aromatic rings. The lowest BCUT2D eigenvalue weighted by molar-refractivity contribution is -0.142. The minimum atomic E-state index is -0.995. The number of piperidine rings is 1. The van der Waals surface area contributed by atoms with E-state index < -0.39 is 11.4 Å². The van der Waals surface area contributed by atoms with Crippen LogP contribution in [0.15, 0.2) is 73.2 Å². The fourth-order valence-electron chi connectivity index (χ4n) is 4.55. The molecule has 1 aromatic carbocycles. The standard InChI is InChI=1S/C31H34N6O5/c1-4-40-24-9-6-16-33-29(24)42-23-8-7-17-37(20-23)27-19-32-18-26(35-27)34-25-10-5-11-28(36-25)41-22-14-12-21(13-15-22)31(2,3)30(38)39/h5-6,9-16,18-19,23H,4,7-8,17,20H2,1-3H3,(H,38,39)(H,34,35,36)/t23-/m1/s1. The third kappa shape index (κ3) is 6.85. The number of ether oxygens (including phenoxy) is 3. The Balaban J connectivity index is 1.23. The predicted molar refractivity (Wildman–Crippen MR) is 158 cm³/mol. The molecule has 11 heteroatoms. The Labute approximate surface area is 244 Å². The van der Waals surface area contributed by atoms with Gasteiger partial charge in [0.1, 0.15) is 23.5 Å². The zero-order valence-electron chi connectivity index (χ0n) is 23.9. The number of aliphatic carboxylic acids is 1. The molecule has 0 amide bonds. The van der Waals surface area contributed by atoms with Gasteiger partial charge in [-0.1, -0.05) is 18.2 Å². The van der Waals surface area contributed by atoms with Crippen molar-refractivity contribution in [3.63, 3.8) is 0 Å². The summed E-state index contributed by atoms with van der Waals surface area (Å²) in [6.07, 6.45) is 6.86. The maximum Gasteiger partial charge on any atom is 0.313 e. The van der Waals surface area contributed by atoms with Crippen LogP contribution in [-0.4, -0.2) is 56.8 Å². The zero-order chi connectivity index (χ0) is 29.5. The average molecular weight is 571 g/mol. The lowest BCUT2D eigenvalue weighted by atomic mass is 9.85. The Morgan fingerprint density at radius 2 is 1.90 bits per heavy atom. The van der Waals surface area contributed by atoms with Gasteiger partial charge in [0, 0.05) is 18.8 Å². The van der Waals surface area contributed by atoms with E-state index in [0.717, 1.165) is 25.2 Å². The third-order valence-electron chi connectivity index (χ3n) is 6.95. The molecule has 1 fully saturated rings. The summed E-state index contributed by atoms with van der Waals surface area (Å²) in [7, 11) is 0. The number of nitrogens with zero attached hydrogens (tertiary/aromatic N) is 5. The van der Waals surface area contributed by atoms with E-state index in [0.29, 0.717) is 53.6 Å². The van der Waals surface area contributed by atoms with Gasteiger partial charge < -0.3 is 29.5 Å². The van der Waals surface area contributed by atoms with Gasteiger partial charge in [-0.15, -0.1) is 0 Å². The molecule has 4 heterocycles. The second-order valence-electron chi connectivity index (χ2n) is 10.4. The molecule has 1 aliphatic heterocycles. The lowest BCUT2D eigenvalue weighted by Crippen LogP contribution is -2.41. The number of rotatable bonds is 11. The first-order valence-electron chi connectivity index (χ1n) is 13.9. The second-order valence-corrected chi connectivity index (χ2v) is 10.4. The number of hydrogen-bond donors (Lipinski definition) is 2. The van der Waals surface area contributed by atoms with Crippen molar-refractivity contribution >= 4 is 23.4 Å². The fraction of sp³-hybridized carbons (Fsp3) is 0.323. The Morgan fingerprint density at radius 3 is 2.69 bits per heavy atom. The van der Waals surface area contributed by atoms with Crippen molar-refractivity contribution in [2.45, 2.75) is 45.1 Å². The van der Waals surface area contributed by atoms with Crippen LogP contribution in [-0.2, 0) is 10.2 Å². The minimum absolute atomic E-state index is 0.0639. The van der Waals surface area contributed by atoms with Gasteiger partial charge in [0.15, 0.2) is 11.6 Å². The molecule has 42 heavy (non-hydrogen) atoms. The number of benzene rings is 1. The first-order valence-corrected chi connectivity index (χ1v) is 13.9. The smallest absolute Gasteiger partial charge is 0.313 e. The van der Waals surface area contributed by atoms with E-state index in [4.69, 9.17) is 19.2 Å². The van der Waals surface area contributed by atoms with Gasteiger partial charge >= 0.3 is 5.97 Å². The molecule has 5 rings (SSSR count). The van der Waals surface area contributed by atoms with E-state index in [9.17, 15) is 9.90 Å². The molecule has 2 N–H and O–H groups in total. The molecule has 11 nitrogen and oxygen atoms in total. The molecule has 3 aromatic heterocycles. The average Bonchev–Trinajstić information content (AvgIpc) is 2.99. The zero-order valence-corrected chi connectivity index (χ0v) is 23.9. The Bertz CT molecular complexity index is 1510. The number of carboxylic acids is 1. The quantitative estimate of drug-likeness (QED) is 0.233. The van der Waals surface area contributed by atoms with Crippen LogP contribution in [0.5, 0.6) is 23.3 Å². The van der Waals surface area contributed by atoms with E-state index in [-0.39, 0.29) is 6.10 Å². The van der Waals surface area contributed by atoms with E-state index in [1.54, 1.807) is 62.8 Å². The summed E-state index contributed by atoms with van der Waals surface area (Å²) in [6.45, 7) is 7.28. The van der Waals surface area contributed by atoms with Gasteiger partial charge in [-0.2, -0.15) is 4.98 Å². The van der Waals surface area contributed by atoms with Crippen LogP contribution in [0.2, 0.25) is 0 Å². The van der Waals surface area contributed by atoms with Crippen molar-refractivity contribution < 1.29 is 24.1 Å². The Kier molecular flexibility index (Phi) is 8.66. The van der Waals surface area contributed by atoms with Crippen LogP contribution in [0, 0.1) is 0 Å². The largest absolute Gasteiger partial charge is 0.488 e. The number of nitrogens with one attached hydrogen (secondary N) is 1. The van der Waals surface area contributed by atoms with Gasteiger partial charge in [-0.25, -0.2) is 9.97 Å². The summed E-state index contributed by atoms with van der Waals surface area (Å²) in [5.74, 6) is 3.00. The Hall–Kier alpha value is -4.93. The van der Waals surface area contributed by atoms with Crippen molar-refractivity contribution in [3.8, 4) is 23.3 Å². The van der Waals surface area contributed by atoms with E-state index in [1.807, 2.05) is 31.2 Å². The van der Waals surface area contributed by atoms with Crippen molar-refractivity contribution in [2.24, 2.45) is 0 Å². The number of carbonyl (C=O) groups is 1. The first-order chi connectivity index (χ1) is 20.3. The van der Waals surface area contributed by atoms with Gasteiger partial charge in [0.25, 0.3) is 5.88 Å². The molecular weight excluding hydrogens is 536 g/mol. The van der Waals surface area contributed by atoms with Gasteiger partial charge in [-0.05, 0) is 69.5 Å². The maximum atomic E-state index is 11.5. The monoisotopic (exact) mass is 570 g/mol. The molecule has 0 radical (unpaired) electrons. The molecule has 1 atom stereocenters. The Morgan fingerprint density at radius 1 is 1.07 bits per heavy atom. The molecule has 0 saturated carbocycles. The summed E-state index contributed by atoms with van der Waals surface area (Å²) in [6, 6.07) is 16.0. The molecule has 218 valence electrons. The van der Waals surface area contributed by atoms with Gasteiger partial charge in [0.2, 0.25) is 5.88 Å². The summed E-state index contributed by atoms with van der Waals surface area (Å²) in [5, 5.41) is 12.7. The van der Waals surface area contributed by atoms with Crippen LogP contribution in [0.4, 0.5) is 17.5 Å². The summed E-state index contributed by atoms with van der Waals surface area (Å²) in [4.78, 5) is 31.7.